The van der Waals surface area contributed by atoms with Gasteiger partial charge in [-0.2, -0.15) is 0 Å². The van der Waals surface area contributed by atoms with Crippen LogP contribution in [0.2, 0.25) is 5.02 Å². The lowest BCUT2D eigenvalue weighted by Gasteiger charge is -2.09. The molecule has 98 valence electrons. The maximum atomic E-state index is 12.4. The van der Waals surface area contributed by atoms with Gasteiger partial charge in [0.2, 0.25) is 0 Å². The molecule has 0 saturated carbocycles. The molecule has 2 heteroatoms. The molecule has 0 bridgehead atoms. The largest absolute Gasteiger partial charge is 0.294 e. The molecule has 0 unspecified atom stereocenters. The van der Waals surface area contributed by atoms with E-state index in [1.807, 2.05) is 57.2 Å². The average Bonchev–Trinajstić information content (AvgIpc) is 2.36. The number of aryl methyl sites for hydroxylation is 2. The number of benzene rings is 2. The number of carbonyl (C=O) groups excluding carboxylic acids is 1. The van der Waals surface area contributed by atoms with Gasteiger partial charge in [0, 0.05) is 17.0 Å². The normalized spacial score (nSPS) is 10.5. The first-order valence-electron chi connectivity index (χ1n) is 6.33. The number of hydrogen-bond acceptors (Lipinski definition) is 1. The molecule has 19 heavy (non-hydrogen) atoms. The molecule has 2 aromatic carbocycles. The summed E-state index contributed by atoms with van der Waals surface area (Å²) in [5.41, 5.74) is 4.97. The minimum absolute atomic E-state index is 0.118. The zero-order valence-corrected chi connectivity index (χ0v) is 12.2. The van der Waals surface area contributed by atoms with Crippen LogP contribution >= 0.6 is 11.6 Å². The van der Waals surface area contributed by atoms with Gasteiger partial charge in [-0.1, -0.05) is 41.9 Å². The molecule has 0 aliphatic heterocycles. The van der Waals surface area contributed by atoms with E-state index in [2.05, 4.69) is 0 Å². The number of hydrogen-bond donors (Lipinski definition) is 0. The Labute approximate surface area is 119 Å². The highest BCUT2D eigenvalue weighted by Crippen LogP contribution is 2.21. The van der Waals surface area contributed by atoms with E-state index in [1.165, 1.54) is 0 Å². The Morgan fingerprint density at radius 1 is 1.11 bits per heavy atom. The Balaban J connectivity index is 2.28. The van der Waals surface area contributed by atoms with Gasteiger partial charge in [-0.3, -0.25) is 4.79 Å². The average molecular weight is 273 g/mol. The second kappa shape index (κ2) is 5.58. The molecule has 0 saturated heterocycles. The van der Waals surface area contributed by atoms with Crippen molar-refractivity contribution in [3.8, 4) is 0 Å². The molecule has 2 aromatic rings. The maximum Gasteiger partial charge on any atom is 0.167 e. The van der Waals surface area contributed by atoms with E-state index in [-0.39, 0.29) is 5.78 Å². The number of Topliss-reactive ketones (excluding diaryl/α,β-unsaturated/α-hetero) is 1. The third kappa shape index (κ3) is 3.05. The van der Waals surface area contributed by atoms with Crippen LogP contribution in [0.25, 0.3) is 0 Å². The fraction of sp³-hybridized carbons (Fsp3) is 0.235. The topological polar surface area (TPSA) is 17.1 Å². The summed E-state index contributed by atoms with van der Waals surface area (Å²) in [5.74, 6) is 0.118. The van der Waals surface area contributed by atoms with Crippen LogP contribution in [0.3, 0.4) is 0 Å². The van der Waals surface area contributed by atoms with Gasteiger partial charge in [0.25, 0.3) is 0 Å². The van der Waals surface area contributed by atoms with Gasteiger partial charge in [-0.05, 0) is 49.1 Å². The predicted octanol–water partition coefficient (Wildman–Crippen LogP) is 4.69. The highest BCUT2D eigenvalue weighted by Gasteiger charge is 2.12. The molecule has 0 N–H and O–H groups in total. The number of halogens is 1. The van der Waals surface area contributed by atoms with Crippen LogP contribution in [0.1, 0.15) is 32.6 Å². The van der Waals surface area contributed by atoms with Crippen LogP contribution in [-0.4, -0.2) is 5.78 Å². The van der Waals surface area contributed by atoms with Crippen LogP contribution < -0.4 is 0 Å². The summed E-state index contributed by atoms with van der Waals surface area (Å²) >= 11 is 6.18. The van der Waals surface area contributed by atoms with E-state index in [0.717, 1.165) is 27.8 Å². The van der Waals surface area contributed by atoms with Crippen molar-refractivity contribution in [1.82, 2.24) is 0 Å². The number of ketones is 1. The van der Waals surface area contributed by atoms with Gasteiger partial charge in [0.05, 0.1) is 0 Å². The van der Waals surface area contributed by atoms with Crippen LogP contribution in [0.5, 0.6) is 0 Å². The van der Waals surface area contributed by atoms with Crippen molar-refractivity contribution in [3.05, 3.63) is 69.2 Å². The highest BCUT2D eigenvalue weighted by atomic mass is 35.5. The Bertz CT molecular complexity index is 629. The van der Waals surface area contributed by atoms with Crippen LogP contribution in [-0.2, 0) is 6.42 Å². The lowest BCUT2D eigenvalue weighted by atomic mass is 9.96. The maximum absolute atomic E-state index is 12.4. The van der Waals surface area contributed by atoms with Crippen molar-refractivity contribution in [2.75, 3.05) is 0 Å². The van der Waals surface area contributed by atoms with Gasteiger partial charge >= 0.3 is 0 Å². The Morgan fingerprint density at radius 2 is 1.84 bits per heavy atom. The van der Waals surface area contributed by atoms with Crippen molar-refractivity contribution in [2.24, 2.45) is 0 Å². The van der Waals surface area contributed by atoms with E-state index >= 15 is 0 Å². The molecular formula is C17H17ClO. The fourth-order valence-corrected chi connectivity index (χ4v) is 2.42. The molecule has 0 fully saturated rings. The van der Waals surface area contributed by atoms with Crippen LogP contribution in [0, 0.1) is 20.8 Å². The minimum atomic E-state index is 0.118. The van der Waals surface area contributed by atoms with E-state index < -0.39 is 0 Å². The molecule has 0 atom stereocenters. The second-order valence-electron chi connectivity index (χ2n) is 4.94. The molecule has 0 radical (unpaired) electrons. The van der Waals surface area contributed by atoms with Crippen molar-refractivity contribution in [3.63, 3.8) is 0 Å². The van der Waals surface area contributed by atoms with Crippen molar-refractivity contribution < 1.29 is 4.79 Å². The van der Waals surface area contributed by atoms with E-state index in [1.54, 1.807) is 0 Å². The Morgan fingerprint density at radius 3 is 2.53 bits per heavy atom. The van der Waals surface area contributed by atoms with E-state index in [0.29, 0.717) is 11.4 Å². The molecule has 0 aliphatic rings. The lowest BCUT2D eigenvalue weighted by Crippen LogP contribution is -2.07. The SMILES string of the molecule is Cc1ccc(CC(=O)c2cccc(C)c2C)c(Cl)c1. The number of rotatable bonds is 3. The van der Waals surface area contributed by atoms with Gasteiger partial charge in [-0.25, -0.2) is 0 Å². The van der Waals surface area contributed by atoms with Crippen LogP contribution in [0.4, 0.5) is 0 Å². The third-order valence-electron chi connectivity index (χ3n) is 3.46. The van der Waals surface area contributed by atoms with E-state index in [9.17, 15) is 4.79 Å². The highest BCUT2D eigenvalue weighted by molar-refractivity contribution is 6.31. The van der Waals surface area contributed by atoms with Gasteiger partial charge < -0.3 is 0 Å². The number of carbonyl (C=O) groups is 1. The first kappa shape index (κ1) is 13.8. The first-order chi connectivity index (χ1) is 8.99. The molecule has 0 spiro atoms. The summed E-state index contributed by atoms with van der Waals surface area (Å²) < 4.78 is 0. The molecule has 0 aliphatic carbocycles. The van der Waals surface area contributed by atoms with Crippen molar-refractivity contribution in [1.29, 1.82) is 0 Å². The molecule has 0 heterocycles. The molecular weight excluding hydrogens is 256 g/mol. The third-order valence-corrected chi connectivity index (χ3v) is 3.82. The summed E-state index contributed by atoms with van der Waals surface area (Å²) in [6, 6.07) is 11.6. The van der Waals surface area contributed by atoms with Crippen molar-refractivity contribution in [2.45, 2.75) is 27.2 Å². The molecule has 0 amide bonds. The monoisotopic (exact) mass is 272 g/mol. The smallest absolute Gasteiger partial charge is 0.167 e. The van der Waals surface area contributed by atoms with Gasteiger partial charge in [0.1, 0.15) is 0 Å². The Hall–Kier alpha value is -1.60. The summed E-state index contributed by atoms with van der Waals surface area (Å²) in [6.07, 6.45) is 0.351. The standard InChI is InChI=1S/C17H17ClO/c1-11-7-8-14(16(18)9-11)10-17(19)15-6-4-5-12(2)13(15)3/h4-9H,10H2,1-3H3. The summed E-state index contributed by atoms with van der Waals surface area (Å²) in [6.45, 7) is 5.99. The minimum Gasteiger partial charge on any atom is -0.294 e. The predicted molar refractivity (Wildman–Crippen MR) is 80.1 cm³/mol. The molecule has 0 aromatic heterocycles. The van der Waals surface area contributed by atoms with Gasteiger partial charge in [-0.15, -0.1) is 0 Å². The molecule has 2 rings (SSSR count). The zero-order chi connectivity index (χ0) is 14.0. The quantitative estimate of drug-likeness (QED) is 0.741. The zero-order valence-electron chi connectivity index (χ0n) is 11.5. The molecule has 1 nitrogen and oxygen atoms in total. The van der Waals surface area contributed by atoms with Crippen molar-refractivity contribution >= 4 is 17.4 Å². The summed E-state index contributed by atoms with van der Waals surface area (Å²) in [5, 5.41) is 0.665. The summed E-state index contributed by atoms with van der Waals surface area (Å²) in [7, 11) is 0. The fourth-order valence-electron chi connectivity index (χ4n) is 2.12. The second-order valence-corrected chi connectivity index (χ2v) is 5.35. The Kier molecular flexibility index (Phi) is 4.06. The first-order valence-corrected chi connectivity index (χ1v) is 6.71. The van der Waals surface area contributed by atoms with Gasteiger partial charge in [0.15, 0.2) is 5.78 Å². The van der Waals surface area contributed by atoms with Crippen LogP contribution in [0.15, 0.2) is 36.4 Å². The van der Waals surface area contributed by atoms with E-state index in [4.69, 9.17) is 11.6 Å². The lowest BCUT2D eigenvalue weighted by molar-refractivity contribution is 0.0992. The summed E-state index contributed by atoms with van der Waals surface area (Å²) in [4.78, 5) is 12.4.